The van der Waals surface area contributed by atoms with Gasteiger partial charge in [0, 0.05) is 12.3 Å². The zero-order chi connectivity index (χ0) is 25.5. The van der Waals surface area contributed by atoms with Crippen molar-refractivity contribution in [3.63, 3.8) is 0 Å². The third kappa shape index (κ3) is 9.77. The standard InChI is InChI=1S/C29H52O6/c1-2-29(28(33)34,35-22-21-30)27(32)18-12-11-17-25-24(19-20-26(25)31)16-8-6-4-3-5-7-13-23-14-9-10-15-23/h23-25,27,30,32H,2-22H2,1H3,(H,33,34)/t24-,25+,27?,29?/m0/s1. The number of aliphatic hydroxyl groups is 2. The van der Waals surface area contributed by atoms with Crippen LogP contribution < -0.4 is 0 Å². The molecular weight excluding hydrogens is 444 g/mol. The van der Waals surface area contributed by atoms with Gasteiger partial charge in [-0.15, -0.1) is 0 Å². The largest absolute Gasteiger partial charge is 0.479 e. The summed E-state index contributed by atoms with van der Waals surface area (Å²) in [5.74, 6) is 0.847. The zero-order valence-corrected chi connectivity index (χ0v) is 22.2. The molecule has 0 spiro atoms. The lowest BCUT2D eigenvalue weighted by atomic mass is 9.85. The molecular formula is C29H52O6. The average Bonchev–Trinajstić information content (AvgIpc) is 3.49. The van der Waals surface area contributed by atoms with Gasteiger partial charge in [0.15, 0.2) is 5.60 Å². The highest BCUT2D eigenvalue weighted by molar-refractivity contribution is 5.83. The fraction of sp³-hybridized carbons (Fsp3) is 0.931. The Morgan fingerprint density at radius 2 is 1.60 bits per heavy atom. The molecule has 2 saturated carbocycles. The van der Waals surface area contributed by atoms with Gasteiger partial charge < -0.3 is 20.1 Å². The van der Waals surface area contributed by atoms with Crippen molar-refractivity contribution < 1.29 is 29.6 Å². The van der Waals surface area contributed by atoms with Gasteiger partial charge in [0.05, 0.1) is 19.3 Å². The first-order chi connectivity index (χ1) is 16.9. The highest BCUT2D eigenvalue weighted by Gasteiger charge is 2.45. The molecule has 2 aliphatic rings. The summed E-state index contributed by atoms with van der Waals surface area (Å²) in [4.78, 5) is 24.2. The van der Waals surface area contributed by atoms with Crippen molar-refractivity contribution in [2.75, 3.05) is 13.2 Å². The topological polar surface area (TPSA) is 104 Å². The number of hydrogen-bond donors (Lipinski definition) is 3. The number of rotatable bonds is 20. The predicted molar refractivity (Wildman–Crippen MR) is 138 cm³/mol. The first kappa shape index (κ1) is 30.2. The Bertz CT molecular complexity index is 602. The van der Waals surface area contributed by atoms with Crippen LogP contribution in [0.1, 0.15) is 129 Å². The molecule has 0 aliphatic heterocycles. The second kappa shape index (κ2) is 16.7. The number of aliphatic hydroxyl groups excluding tert-OH is 2. The fourth-order valence-electron chi connectivity index (χ4n) is 6.52. The Balaban J connectivity index is 1.60. The summed E-state index contributed by atoms with van der Waals surface area (Å²) in [6.45, 7) is 1.27. The van der Waals surface area contributed by atoms with E-state index in [1.54, 1.807) is 6.92 Å². The molecule has 2 unspecified atom stereocenters. The van der Waals surface area contributed by atoms with Gasteiger partial charge in [-0.2, -0.15) is 0 Å². The van der Waals surface area contributed by atoms with Crippen LogP contribution in [0.2, 0.25) is 0 Å². The zero-order valence-electron chi connectivity index (χ0n) is 22.2. The van der Waals surface area contributed by atoms with Gasteiger partial charge in [-0.25, -0.2) is 4.79 Å². The molecule has 0 aromatic rings. The molecule has 6 nitrogen and oxygen atoms in total. The molecule has 204 valence electrons. The maximum atomic E-state index is 12.5. The summed E-state index contributed by atoms with van der Waals surface area (Å²) in [6, 6.07) is 0. The van der Waals surface area contributed by atoms with E-state index < -0.39 is 17.7 Å². The lowest BCUT2D eigenvalue weighted by Crippen LogP contribution is -2.52. The Morgan fingerprint density at radius 3 is 2.23 bits per heavy atom. The lowest BCUT2D eigenvalue weighted by molar-refractivity contribution is -0.186. The van der Waals surface area contributed by atoms with E-state index in [2.05, 4.69) is 0 Å². The molecule has 0 aromatic carbocycles. The molecule has 3 N–H and O–H groups in total. The molecule has 4 atom stereocenters. The van der Waals surface area contributed by atoms with Gasteiger partial charge >= 0.3 is 5.97 Å². The number of carbonyl (C=O) groups is 2. The molecule has 0 heterocycles. The quantitative estimate of drug-likeness (QED) is 0.177. The van der Waals surface area contributed by atoms with Crippen molar-refractivity contribution in [2.24, 2.45) is 17.8 Å². The summed E-state index contributed by atoms with van der Waals surface area (Å²) in [5, 5.41) is 29.2. The minimum Gasteiger partial charge on any atom is -0.479 e. The number of carbonyl (C=O) groups excluding carboxylic acids is 1. The van der Waals surface area contributed by atoms with Crippen LogP contribution in [0.25, 0.3) is 0 Å². The van der Waals surface area contributed by atoms with Crippen LogP contribution in [-0.4, -0.2) is 52.0 Å². The molecule has 2 fully saturated rings. The van der Waals surface area contributed by atoms with Crippen LogP contribution in [0, 0.1) is 17.8 Å². The number of carboxylic acid groups (broad SMARTS) is 1. The third-order valence-electron chi connectivity index (χ3n) is 8.78. The second-order valence-corrected chi connectivity index (χ2v) is 11.1. The van der Waals surface area contributed by atoms with Crippen molar-refractivity contribution in [2.45, 2.75) is 141 Å². The summed E-state index contributed by atoms with van der Waals surface area (Å²) >= 11 is 0. The fourth-order valence-corrected chi connectivity index (χ4v) is 6.52. The highest BCUT2D eigenvalue weighted by atomic mass is 16.5. The van der Waals surface area contributed by atoms with Crippen molar-refractivity contribution in [3.05, 3.63) is 0 Å². The number of Topliss-reactive ketones (excluding diaryl/α,β-unsaturated/α-hetero) is 1. The number of unbranched alkanes of at least 4 members (excludes halogenated alkanes) is 6. The summed E-state index contributed by atoms with van der Waals surface area (Å²) in [6.07, 6.45) is 19.7. The van der Waals surface area contributed by atoms with Gasteiger partial charge in [0.1, 0.15) is 5.78 Å². The molecule has 0 saturated heterocycles. The molecule has 2 rings (SSSR count). The SMILES string of the molecule is CCC(OCCO)(C(=O)O)C(O)CCCC[C@H]1C(=O)CC[C@@H]1CCCCCCCCC1CCCC1. The van der Waals surface area contributed by atoms with Gasteiger partial charge in [-0.1, -0.05) is 90.4 Å². The van der Waals surface area contributed by atoms with E-state index in [-0.39, 0.29) is 25.6 Å². The van der Waals surface area contributed by atoms with Crippen molar-refractivity contribution in [1.29, 1.82) is 0 Å². The molecule has 0 aromatic heterocycles. The molecule has 6 heteroatoms. The maximum Gasteiger partial charge on any atom is 0.338 e. The van der Waals surface area contributed by atoms with E-state index >= 15 is 0 Å². The number of aliphatic carboxylic acids is 1. The Kier molecular flexibility index (Phi) is 14.4. The van der Waals surface area contributed by atoms with E-state index in [9.17, 15) is 19.8 Å². The Labute approximate surface area is 213 Å². The van der Waals surface area contributed by atoms with Crippen LogP contribution in [0.15, 0.2) is 0 Å². The van der Waals surface area contributed by atoms with Gasteiger partial charge in [0.25, 0.3) is 0 Å². The normalized spacial score (nSPS) is 23.6. The van der Waals surface area contributed by atoms with E-state index in [4.69, 9.17) is 9.84 Å². The number of carboxylic acids is 1. The molecule has 35 heavy (non-hydrogen) atoms. The molecule has 0 radical (unpaired) electrons. The van der Waals surface area contributed by atoms with E-state index in [0.29, 0.717) is 31.0 Å². The van der Waals surface area contributed by atoms with Crippen molar-refractivity contribution in [1.82, 2.24) is 0 Å². The van der Waals surface area contributed by atoms with Crippen LogP contribution >= 0.6 is 0 Å². The second-order valence-electron chi connectivity index (χ2n) is 11.1. The van der Waals surface area contributed by atoms with Crippen LogP contribution in [0.4, 0.5) is 0 Å². The number of ether oxygens (including phenoxy) is 1. The Hall–Kier alpha value is -0.980. The number of hydrogen-bond acceptors (Lipinski definition) is 5. The molecule has 0 amide bonds. The smallest absolute Gasteiger partial charge is 0.338 e. The van der Waals surface area contributed by atoms with Crippen LogP contribution in [0.5, 0.6) is 0 Å². The van der Waals surface area contributed by atoms with Gasteiger partial charge in [0.2, 0.25) is 0 Å². The Morgan fingerprint density at radius 1 is 0.971 bits per heavy atom. The minimum absolute atomic E-state index is 0.115. The summed E-state index contributed by atoms with van der Waals surface area (Å²) < 4.78 is 5.37. The lowest BCUT2D eigenvalue weighted by Gasteiger charge is -2.33. The van der Waals surface area contributed by atoms with Crippen LogP contribution in [0.3, 0.4) is 0 Å². The monoisotopic (exact) mass is 496 g/mol. The summed E-state index contributed by atoms with van der Waals surface area (Å²) in [7, 11) is 0. The van der Waals surface area contributed by atoms with Crippen molar-refractivity contribution in [3.8, 4) is 0 Å². The first-order valence-corrected chi connectivity index (χ1v) is 14.6. The molecule has 0 bridgehead atoms. The minimum atomic E-state index is -1.68. The first-order valence-electron chi connectivity index (χ1n) is 14.6. The molecule has 2 aliphatic carbocycles. The average molecular weight is 497 g/mol. The van der Waals surface area contributed by atoms with E-state index in [0.717, 1.165) is 31.6 Å². The van der Waals surface area contributed by atoms with E-state index in [1.165, 1.54) is 70.6 Å². The van der Waals surface area contributed by atoms with Gasteiger partial charge in [-0.3, -0.25) is 4.79 Å². The van der Waals surface area contributed by atoms with E-state index in [1.807, 2.05) is 0 Å². The number of ketones is 1. The predicted octanol–water partition coefficient (Wildman–Crippen LogP) is 6.06. The van der Waals surface area contributed by atoms with Gasteiger partial charge in [-0.05, 0) is 43.9 Å². The summed E-state index contributed by atoms with van der Waals surface area (Å²) in [5.41, 5.74) is -1.68. The van der Waals surface area contributed by atoms with Crippen molar-refractivity contribution >= 4 is 11.8 Å². The maximum absolute atomic E-state index is 12.5. The third-order valence-corrected chi connectivity index (χ3v) is 8.78. The highest BCUT2D eigenvalue weighted by Crippen LogP contribution is 2.37. The van der Waals surface area contributed by atoms with Crippen LogP contribution in [-0.2, 0) is 14.3 Å².